The highest BCUT2D eigenvalue weighted by Gasteiger charge is 2.29. The quantitative estimate of drug-likeness (QED) is 0.542. The summed E-state index contributed by atoms with van der Waals surface area (Å²) in [7, 11) is 1.72. The summed E-state index contributed by atoms with van der Waals surface area (Å²) < 4.78 is 18.9. The van der Waals surface area contributed by atoms with Gasteiger partial charge < -0.3 is 29.0 Å². The van der Waals surface area contributed by atoms with Crippen LogP contribution in [0.15, 0.2) is 41.3 Å². The van der Waals surface area contributed by atoms with Crippen molar-refractivity contribution in [1.82, 2.24) is 19.8 Å². The van der Waals surface area contributed by atoms with E-state index in [0.717, 1.165) is 85.8 Å². The van der Waals surface area contributed by atoms with Crippen molar-refractivity contribution in [2.24, 2.45) is 0 Å². The standard InChI is InChI=1S/C27H32N4O4.ClH/c1-33-22-4-2-18-3-5-25(32)31-11-6-19(26(22)27(18)31)17-30-9-7-20(8-10-30)28-15-21-14-23-24(16-29-21)35-13-12-34-23;/h2-5,14,16,19-20,28H,6-13,15,17H2,1H3;1H. The van der Waals surface area contributed by atoms with Crippen molar-refractivity contribution >= 4 is 23.3 Å². The van der Waals surface area contributed by atoms with Crippen LogP contribution in [0.3, 0.4) is 0 Å². The van der Waals surface area contributed by atoms with Gasteiger partial charge in [0, 0.05) is 49.3 Å². The predicted octanol–water partition coefficient (Wildman–Crippen LogP) is 3.34. The molecule has 8 nitrogen and oxygen atoms in total. The second kappa shape index (κ2) is 10.7. The fraction of sp³-hybridized carbons (Fsp3) is 0.481. The molecular weight excluding hydrogens is 480 g/mol. The van der Waals surface area contributed by atoms with E-state index < -0.39 is 0 Å². The normalized spacial score (nSPS) is 19.6. The predicted molar refractivity (Wildman–Crippen MR) is 141 cm³/mol. The van der Waals surface area contributed by atoms with Crippen LogP contribution in [0.25, 0.3) is 10.9 Å². The van der Waals surface area contributed by atoms with Crippen molar-refractivity contribution in [2.45, 2.75) is 44.3 Å². The van der Waals surface area contributed by atoms with Crippen molar-refractivity contribution in [2.75, 3.05) is 40.0 Å². The van der Waals surface area contributed by atoms with E-state index >= 15 is 0 Å². The largest absolute Gasteiger partial charge is 0.496 e. The van der Waals surface area contributed by atoms with Crippen LogP contribution in [0.1, 0.15) is 36.4 Å². The summed E-state index contributed by atoms with van der Waals surface area (Å²) in [4.78, 5) is 19.6. The van der Waals surface area contributed by atoms with Gasteiger partial charge in [-0.15, -0.1) is 12.4 Å². The summed E-state index contributed by atoms with van der Waals surface area (Å²) in [5.41, 5.74) is 3.30. The summed E-state index contributed by atoms with van der Waals surface area (Å²) in [5, 5.41) is 4.79. The van der Waals surface area contributed by atoms with Gasteiger partial charge in [0.15, 0.2) is 11.5 Å². The zero-order valence-electron chi connectivity index (χ0n) is 20.6. The number of likely N-dealkylation sites (tertiary alicyclic amines) is 1. The number of aryl methyl sites for hydroxylation is 1. The number of methoxy groups -OCH3 is 1. The van der Waals surface area contributed by atoms with Crippen molar-refractivity contribution < 1.29 is 14.2 Å². The first-order valence-corrected chi connectivity index (χ1v) is 12.6. The van der Waals surface area contributed by atoms with Crippen LogP contribution < -0.4 is 25.1 Å². The number of halogens is 1. The Morgan fingerprint density at radius 2 is 1.83 bits per heavy atom. The number of nitrogens with one attached hydrogen (secondary N) is 1. The number of aromatic nitrogens is 2. The van der Waals surface area contributed by atoms with Crippen LogP contribution in [0.4, 0.5) is 0 Å². The van der Waals surface area contributed by atoms with E-state index in [4.69, 9.17) is 14.2 Å². The van der Waals surface area contributed by atoms with Crippen LogP contribution in [0.2, 0.25) is 0 Å². The van der Waals surface area contributed by atoms with Crippen molar-refractivity contribution in [3.63, 3.8) is 0 Å². The molecule has 9 heteroatoms. The second-order valence-corrected chi connectivity index (χ2v) is 9.70. The Morgan fingerprint density at radius 3 is 2.64 bits per heavy atom. The monoisotopic (exact) mass is 512 g/mol. The SMILES string of the molecule is COc1ccc2ccc(=O)n3c2c1C(CN1CCC(NCc2cc4c(cn2)OCCO4)CC1)CC3.Cl. The first-order valence-electron chi connectivity index (χ1n) is 12.6. The number of ether oxygens (including phenoxy) is 3. The van der Waals surface area contributed by atoms with E-state index in [1.54, 1.807) is 19.4 Å². The molecule has 1 atom stereocenters. The third kappa shape index (κ3) is 4.77. The van der Waals surface area contributed by atoms with Gasteiger partial charge in [-0.3, -0.25) is 9.78 Å². The maximum Gasteiger partial charge on any atom is 0.251 e. The summed E-state index contributed by atoms with van der Waals surface area (Å²) in [6.07, 6.45) is 4.93. The molecule has 1 saturated heterocycles. The first kappa shape index (κ1) is 24.9. The summed E-state index contributed by atoms with van der Waals surface area (Å²) in [5.74, 6) is 2.78. The molecule has 192 valence electrons. The lowest BCUT2D eigenvalue weighted by molar-refractivity contribution is 0.170. The molecule has 1 unspecified atom stereocenters. The van der Waals surface area contributed by atoms with E-state index in [0.29, 0.717) is 25.2 Å². The Labute approximate surface area is 217 Å². The Hall–Kier alpha value is -2.81. The number of pyridine rings is 2. The number of benzene rings is 1. The third-order valence-corrected chi connectivity index (χ3v) is 7.60. The minimum Gasteiger partial charge on any atom is -0.496 e. The molecule has 1 N–H and O–H groups in total. The average Bonchev–Trinajstić information content (AvgIpc) is 2.91. The van der Waals surface area contributed by atoms with Gasteiger partial charge in [0.1, 0.15) is 19.0 Å². The molecule has 1 fully saturated rings. The minimum absolute atomic E-state index is 0. The van der Waals surface area contributed by atoms with E-state index in [-0.39, 0.29) is 18.0 Å². The van der Waals surface area contributed by atoms with Crippen molar-refractivity contribution in [3.05, 3.63) is 58.1 Å². The Morgan fingerprint density at radius 1 is 1.06 bits per heavy atom. The molecule has 3 aromatic rings. The van der Waals surface area contributed by atoms with E-state index in [9.17, 15) is 4.79 Å². The van der Waals surface area contributed by atoms with Crippen molar-refractivity contribution in [3.8, 4) is 17.2 Å². The maximum absolute atomic E-state index is 12.5. The third-order valence-electron chi connectivity index (χ3n) is 7.60. The molecule has 3 aliphatic rings. The Kier molecular flexibility index (Phi) is 7.37. The van der Waals surface area contributed by atoms with Crippen LogP contribution in [-0.4, -0.2) is 60.5 Å². The van der Waals surface area contributed by atoms with E-state index in [1.807, 2.05) is 22.8 Å². The molecule has 0 aliphatic carbocycles. The topological polar surface area (TPSA) is 77.9 Å². The highest BCUT2D eigenvalue weighted by Crippen LogP contribution is 2.39. The molecule has 0 saturated carbocycles. The highest BCUT2D eigenvalue weighted by molar-refractivity contribution is 5.86. The number of fused-ring (bicyclic) bond motifs is 1. The lowest BCUT2D eigenvalue weighted by Crippen LogP contribution is -2.44. The van der Waals surface area contributed by atoms with Gasteiger partial charge in [0.05, 0.1) is 24.5 Å². The minimum atomic E-state index is 0. The fourth-order valence-corrected chi connectivity index (χ4v) is 5.78. The lowest BCUT2D eigenvalue weighted by Gasteiger charge is -2.36. The second-order valence-electron chi connectivity index (χ2n) is 9.70. The first-order chi connectivity index (χ1) is 17.2. The average molecular weight is 513 g/mol. The van der Waals surface area contributed by atoms with Gasteiger partial charge in [0.25, 0.3) is 5.56 Å². The summed E-state index contributed by atoms with van der Waals surface area (Å²) in [6, 6.07) is 10.2. The maximum atomic E-state index is 12.5. The van der Waals surface area contributed by atoms with Gasteiger partial charge in [-0.1, -0.05) is 0 Å². The molecule has 0 amide bonds. The number of hydrogen-bond acceptors (Lipinski definition) is 7. The molecule has 0 bridgehead atoms. The molecule has 1 aromatic carbocycles. The summed E-state index contributed by atoms with van der Waals surface area (Å²) in [6.45, 7) is 5.78. The Bertz CT molecular complexity index is 1290. The number of hydrogen-bond donors (Lipinski definition) is 1. The van der Waals surface area contributed by atoms with Gasteiger partial charge in [-0.25, -0.2) is 0 Å². The van der Waals surface area contributed by atoms with Gasteiger partial charge in [-0.2, -0.15) is 0 Å². The van der Waals surface area contributed by atoms with Crippen LogP contribution in [-0.2, 0) is 13.1 Å². The lowest BCUT2D eigenvalue weighted by atomic mass is 9.88. The van der Waals surface area contributed by atoms with E-state index in [2.05, 4.69) is 21.3 Å². The number of piperidine rings is 1. The Balaban J connectivity index is 0.00000267. The molecule has 36 heavy (non-hydrogen) atoms. The number of rotatable bonds is 6. The molecular formula is C27H33ClN4O4. The fourth-order valence-electron chi connectivity index (χ4n) is 5.78. The zero-order valence-corrected chi connectivity index (χ0v) is 21.4. The molecule has 0 spiro atoms. The van der Waals surface area contributed by atoms with Gasteiger partial charge in [-0.05, 0) is 55.9 Å². The van der Waals surface area contributed by atoms with Gasteiger partial charge >= 0.3 is 0 Å². The van der Waals surface area contributed by atoms with Crippen LogP contribution >= 0.6 is 12.4 Å². The molecule has 5 heterocycles. The highest BCUT2D eigenvalue weighted by atomic mass is 35.5. The van der Waals surface area contributed by atoms with Crippen LogP contribution in [0, 0.1) is 0 Å². The van der Waals surface area contributed by atoms with E-state index in [1.165, 1.54) is 5.56 Å². The summed E-state index contributed by atoms with van der Waals surface area (Å²) >= 11 is 0. The molecule has 3 aliphatic heterocycles. The smallest absolute Gasteiger partial charge is 0.251 e. The molecule has 6 rings (SSSR count). The van der Waals surface area contributed by atoms with Crippen molar-refractivity contribution in [1.29, 1.82) is 0 Å². The molecule has 0 radical (unpaired) electrons. The zero-order chi connectivity index (χ0) is 23.8. The number of nitrogens with zero attached hydrogens (tertiary/aromatic N) is 3. The van der Waals surface area contributed by atoms with Crippen LogP contribution in [0.5, 0.6) is 17.2 Å². The van der Waals surface area contributed by atoms with Gasteiger partial charge in [0.2, 0.25) is 0 Å². The molecule has 2 aromatic heterocycles.